The van der Waals surface area contributed by atoms with Crippen LogP contribution in [-0.4, -0.2) is 9.97 Å². The van der Waals surface area contributed by atoms with E-state index in [2.05, 4.69) is 9.97 Å². The van der Waals surface area contributed by atoms with Gasteiger partial charge in [0.2, 0.25) is 5.82 Å². The van der Waals surface area contributed by atoms with Gasteiger partial charge in [-0.15, -0.1) is 11.8 Å². The number of halogens is 1. The van der Waals surface area contributed by atoms with E-state index in [9.17, 15) is 9.18 Å². The number of aromatic nitrogens is 2. The van der Waals surface area contributed by atoms with Gasteiger partial charge in [0.15, 0.2) is 0 Å². The standard InChI is InChI=1S/C13H13FN2OS/c1-8-3-5-10(6-4-8)18-7-11-15-9(2)12(14)13(17)16-11/h3-6H,7H2,1-2H3,(H,15,16,17). The van der Waals surface area contributed by atoms with Crippen molar-refractivity contribution < 1.29 is 4.39 Å². The van der Waals surface area contributed by atoms with Crippen molar-refractivity contribution in [2.75, 3.05) is 0 Å². The Morgan fingerprint density at radius 3 is 2.56 bits per heavy atom. The zero-order valence-corrected chi connectivity index (χ0v) is 11.0. The molecule has 1 aromatic heterocycles. The summed E-state index contributed by atoms with van der Waals surface area (Å²) in [6, 6.07) is 8.06. The van der Waals surface area contributed by atoms with Crippen LogP contribution in [0, 0.1) is 19.7 Å². The van der Waals surface area contributed by atoms with Crippen LogP contribution < -0.4 is 5.56 Å². The first-order valence-corrected chi connectivity index (χ1v) is 6.49. The molecule has 2 rings (SSSR count). The fourth-order valence-electron chi connectivity index (χ4n) is 1.48. The second-order valence-electron chi connectivity index (χ2n) is 4.01. The molecule has 0 saturated heterocycles. The van der Waals surface area contributed by atoms with Gasteiger partial charge in [-0.3, -0.25) is 4.79 Å². The number of nitrogens with one attached hydrogen (secondary N) is 1. The molecule has 2 aromatic rings. The van der Waals surface area contributed by atoms with Crippen molar-refractivity contribution in [3.8, 4) is 0 Å². The molecule has 0 fully saturated rings. The lowest BCUT2D eigenvalue weighted by Gasteiger charge is -2.03. The Hall–Kier alpha value is -1.62. The van der Waals surface area contributed by atoms with Crippen molar-refractivity contribution in [2.24, 2.45) is 0 Å². The molecule has 0 aliphatic heterocycles. The van der Waals surface area contributed by atoms with Crippen LogP contribution in [-0.2, 0) is 5.75 Å². The molecule has 0 aliphatic carbocycles. The topological polar surface area (TPSA) is 45.8 Å². The van der Waals surface area contributed by atoms with Crippen LogP contribution in [0.15, 0.2) is 34.0 Å². The third-order valence-electron chi connectivity index (χ3n) is 2.47. The van der Waals surface area contributed by atoms with E-state index in [-0.39, 0.29) is 5.69 Å². The van der Waals surface area contributed by atoms with Crippen molar-refractivity contribution in [1.82, 2.24) is 9.97 Å². The summed E-state index contributed by atoms with van der Waals surface area (Å²) >= 11 is 1.55. The van der Waals surface area contributed by atoms with Gasteiger partial charge in [0.1, 0.15) is 5.82 Å². The highest BCUT2D eigenvalue weighted by molar-refractivity contribution is 7.98. The Morgan fingerprint density at radius 2 is 1.94 bits per heavy atom. The lowest BCUT2D eigenvalue weighted by molar-refractivity contribution is 0.584. The maximum atomic E-state index is 13.1. The number of rotatable bonds is 3. The second kappa shape index (κ2) is 5.35. The van der Waals surface area contributed by atoms with Crippen molar-refractivity contribution in [2.45, 2.75) is 24.5 Å². The van der Waals surface area contributed by atoms with Crippen LogP contribution in [0.1, 0.15) is 17.1 Å². The largest absolute Gasteiger partial charge is 0.307 e. The summed E-state index contributed by atoms with van der Waals surface area (Å²) in [5.41, 5.74) is 0.628. The maximum absolute atomic E-state index is 13.1. The molecular formula is C13H13FN2OS. The van der Waals surface area contributed by atoms with Crippen LogP contribution in [0.3, 0.4) is 0 Å². The Morgan fingerprint density at radius 1 is 1.28 bits per heavy atom. The highest BCUT2D eigenvalue weighted by Gasteiger charge is 2.07. The lowest BCUT2D eigenvalue weighted by Crippen LogP contribution is -2.16. The van der Waals surface area contributed by atoms with E-state index >= 15 is 0 Å². The van der Waals surface area contributed by atoms with Crippen LogP contribution in [0.4, 0.5) is 4.39 Å². The molecule has 5 heteroatoms. The predicted octanol–water partition coefficient (Wildman–Crippen LogP) is 2.82. The third-order valence-corrected chi connectivity index (χ3v) is 3.50. The highest BCUT2D eigenvalue weighted by atomic mass is 32.2. The third kappa shape index (κ3) is 2.98. The van der Waals surface area contributed by atoms with Crippen molar-refractivity contribution >= 4 is 11.8 Å². The number of hydrogen-bond donors (Lipinski definition) is 1. The average Bonchev–Trinajstić information content (AvgIpc) is 2.35. The molecule has 3 nitrogen and oxygen atoms in total. The van der Waals surface area contributed by atoms with Gasteiger partial charge in [0.05, 0.1) is 11.4 Å². The van der Waals surface area contributed by atoms with Gasteiger partial charge >= 0.3 is 0 Å². The Kier molecular flexibility index (Phi) is 3.81. The van der Waals surface area contributed by atoms with Gasteiger partial charge in [-0.2, -0.15) is 4.39 Å². The van der Waals surface area contributed by atoms with E-state index < -0.39 is 11.4 Å². The smallest absolute Gasteiger partial charge is 0.287 e. The Bertz CT molecular complexity index is 607. The van der Waals surface area contributed by atoms with E-state index in [4.69, 9.17) is 0 Å². The van der Waals surface area contributed by atoms with Crippen LogP contribution in [0.25, 0.3) is 0 Å². The van der Waals surface area contributed by atoms with E-state index in [0.717, 1.165) is 4.90 Å². The summed E-state index contributed by atoms with van der Waals surface area (Å²) in [6.07, 6.45) is 0. The number of aromatic amines is 1. The summed E-state index contributed by atoms with van der Waals surface area (Å²) in [7, 11) is 0. The maximum Gasteiger partial charge on any atom is 0.287 e. The molecule has 0 amide bonds. The van der Waals surface area contributed by atoms with Gasteiger partial charge in [0.25, 0.3) is 5.56 Å². The number of aryl methyl sites for hydroxylation is 2. The Balaban J connectivity index is 2.11. The van der Waals surface area contributed by atoms with E-state index in [1.165, 1.54) is 12.5 Å². The highest BCUT2D eigenvalue weighted by Crippen LogP contribution is 2.21. The molecule has 1 aromatic carbocycles. The zero-order valence-electron chi connectivity index (χ0n) is 10.2. The predicted molar refractivity (Wildman–Crippen MR) is 70.3 cm³/mol. The van der Waals surface area contributed by atoms with Gasteiger partial charge in [0, 0.05) is 4.90 Å². The summed E-state index contributed by atoms with van der Waals surface area (Å²) in [4.78, 5) is 18.8. The molecule has 0 unspecified atom stereocenters. The average molecular weight is 264 g/mol. The molecule has 0 spiro atoms. The molecule has 94 valence electrons. The minimum atomic E-state index is -0.806. The van der Waals surface area contributed by atoms with Gasteiger partial charge in [-0.05, 0) is 26.0 Å². The molecule has 0 aliphatic rings. The number of H-pyrrole nitrogens is 1. The van der Waals surface area contributed by atoms with E-state index in [0.29, 0.717) is 11.6 Å². The minimum Gasteiger partial charge on any atom is -0.307 e. The van der Waals surface area contributed by atoms with Crippen molar-refractivity contribution in [3.63, 3.8) is 0 Å². The molecule has 0 radical (unpaired) electrons. The summed E-state index contributed by atoms with van der Waals surface area (Å²) in [5.74, 6) is 0.197. The van der Waals surface area contributed by atoms with Gasteiger partial charge in [-0.1, -0.05) is 17.7 Å². The quantitative estimate of drug-likeness (QED) is 0.867. The van der Waals surface area contributed by atoms with Gasteiger partial charge in [-0.25, -0.2) is 4.98 Å². The van der Waals surface area contributed by atoms with Crippen LogP contribution in [0.2, 0.25) is 0 Å². The monoisotopic (exact) mass is 264 g/mol. The number of hydrogen-bond acceptors (Lipinski definition) is 3. The molecule has 18 heavy (non-hydrogen) atoms. The number of benzene rings is 1. The molecule has 0 saturated carbocycles. The summed E-state index contributed by atoms with van der Waals surface area (Å²) in [5, 5.41) is 0. The summed E-state index contributed by atoms with van der Waals surface area (Å²) < 4.78 is 13.1. The molecular weight excluding hydrogens is 251 g/mol. The lowest BCUT2D eigenvalue weighted by atomic mass is 10.2. The number of nitrogens with zero attached hydrogens (tertiary/aromatic N) is 1. The van der Waals surface area contributed by atoms with Crippen molar-refractivity contribution in [3.05, 3.63) is 57.5 Å². The fourth-order valence-corrected chi connectivity index (χ4v) is 2.25. The first kappa shape index (κ1) is 12.8. The number of thioether (sulfide) groups is 1. The van der Waals surface area contributed by atoms with E-state index in [1.54, 1.807) is 11.8 Å². The molecule has 1 heterocycles. The SMILES string of the molecule is Cc1ccc(SCc2nc(C)c(F)c(=O)[nH]2)cc1. The fraction of sp³-hybridized carbons (Fsp3) is 0.231. The van der Waals surface area contributed by atoms with Crippen LogP contribution >= 0.6 is 11.8 Å². The van der Waals surface area contributed by atoms with Crippen LogP contribution in [0.5, 0.6) is 0 Å². The molecule has 1 N–H and O–H groups in total. The molecule has 0 atom stereocenters. The minimum absolute atomic E-state index is 0.137. The Labute approximate surface area is 108 Å². The van der Waals surface area contributed by atoms with Gasteiger partial charge < -0.3 is 4.98 Å². The normalized spacial score (nSPS) is 10.6. The molecule has 0 bridgehead atoms. The summed E-state index contributed by atoms with van der Waals surface area (Å²) in [6.45, 7) is 3.52. The zero-order chi connectivity index (χ0) is 13.1. The second-order valence-corrected chi connectivity index (χ2v) is 5.06. The van der Waals surface area contributed by atoms with Crippen molar-refractivity contribution in [1.29, 1.82) is 0 Å². The first-order chi connectivity index (χ1) is 8.56. The van der Waals surface area contributed by atoms with E-state index in [1.807, 2.05) is 31.2 Å². The first-order valence-electron chi connectivity index (χ1n) is 5.51.